The van der Waals surface area contributed by atoms with Crippen LogP contribution in [0.25, 0.3) is 0 Å². The molecule has 0 unspecified atom stereocenters. The van der Waals surface area contributed by atoms with Gasteiger partial charge in [0, 0.05) is 20.2 Å². The first-order valence-corrected chi connectivity index (χ1v) is 6.85. The fourth-order valence-electron chi connectivity index (χ4n) is 1.42. The van der Waals surface area contributed by atoms with Crippen molar-refractivity contribution in [2.24, 2.45) is 0 Å². The van der Waals surface area contributed by atoms with Gasteiger partial charge in [-0.3, -0.25) is 0 Å². The Hall–Kier alpha value is -0.890. The average molecular weight is 261 g/mol. The molecule has 0 amide bonds. The number of furan rings is 1. The van der Waals surface area contributed by atoms with Crippen LogP contribution in [0.2, 0.25) is 0 Å². The lowest BCUT2D eigenvalue weighted by Gasteiger charge is -2.11. The van der Waals surface area contributed by atoms with E-state index >= 15 is 0 Å². The molecule has 0 aliphatic heterocycles. The van der Waals surface area contributed by atoms with E-state index in [0.29, 0.717) is 18.1 Å². The van der Waals surface area contributed by atoms with Crippen molar-refractivity contribution in [3.63, 3.8) is 0 Å². The third kappa shape index (κ3) is 3.81. The number of hydrogen-bond donors (Lipinski definition) is 2. The monoisotopic (exact) mass is 261 g/mol. The summed E-state index contributed by atoms with van der Waals surface area (Å²) >= 11 is 0. The Kier molecular flexibility index (Phi) is 4.70. The predicted octanol–water partition coefficient (Wildman–Crippen LogP) is 0.452. The van der Waals surface area contributed by atoms with E-state index in [9.17, 15) is 8.42 Å². The normalized spacial score (nSPS) is 12.3. The number of sulfonamides is 1. The van der Waals surface area contributed by atoms with Gasteiger partial charge in [-0.1, -0.05) is 6.92 Å². The fraction of sp³-hybridized carbons (Fsp3) is 0.600. The molecule has 1 rings (SSSR count). The minimum atomic E-state index is -3.54. The molecular formula is C10H19N3O3S. The van der Waals surface area contributed by atoms with Gasteiger partial charge in [-0.05, 0) is 13.5 Å². The summed E-state index contributed by atoms with van der Waals surface area (Å²) in [5.74, 6) is 1.01. The maximum absolute atomic E-state index is 11.9. The minimum Gasteiger partial charge on any atom is -0.464 e. The molecule has 0 atom stereocenters. The maximum Gasteiger partial charge on any atom is 0.256 e. The second-order valence-corrected chi connectivity index (χ2v) is 5.53. The largest absolute Gasteiger partial charge is 0.464 e. The van der Waals surface area contributed by atoms with Crippen LogP contribution in [0, 0.1) is 6.92 Å². The van der Waals surface area contributed by atoms with Crippen LogP contribution in [-0.4, -0.2) is 34.1 Å². The first-order valence-electron chi connectivity index (χ1n) is 5.36. The molecule has 0 aliphatic carbocycles. The highest BCUT2D eigenvalue weighted by atomic mass is 32.2. The Labute approximate surface area is 102 Å². The van der Waals surface area contributed by atoms with Crippen LogP contribution < -0.4 is 10.1 Å². The SMILES string of the molecule is CCNCc1cc(S(=O)(=O)NN(C)C)c(C)o1. The second-order valence-electron chi connectivity index (χ2n) is 3.90. The number of nitrogens with zero attached hydrogens (tertiary/aromatic N) is 1. The molecule has 0 saturated heterocycles. The van der Waals surface area contributed by atoms with Crippen LogP contribution in [0.4, 0.5) is 0 Å². The molecule has 1 aromatic heterocycles. The molecule has 98 valence electrons. The van der Waals surface area contributed by atoms with E-state index in [1.165, 1.54) is 5.01 Å². The number of hydrogen-bond acceptors (Lipinski definition) is 5. The fourth-order valence-corrected chi connectivity index (χ4v) is 2.70. The van der Waals surface area contributed by atoms with Crippen LogP contribution in [-0.2, 0) is 16.6 Å². The molecule has 0 aliphatic rings. The Morgan fingerprint density at radius 2 is 2.06 bits per heavy atom. The molecule has 0 aromatic carbocycles. The third-order valence-electron chi connectivity index (χ3n) is 2.06. The molecule has 0 fully saturated rings. The first kappa shape index (κ1) is 14.2. The van der Waals surface area contributed by atoms with Gasteiger partial charge in [-0.2, -0.15) is 0 Å². The van der Waals surface area contributed by atoms with Gasteiger partial charge >= 0.3 is 0 Å². The van der Waals surface area contributed by atoms with E-state index in [2.05, 4.69) is 10.1 Å². The summed E-state index contributed by atoms with van der Waals surface area (Å²) in [6.07, 6.45) is 0. The molecule has 0 saturated carbocycles. The summed E-state index contributed by atoms with van der Waals surface area (Å²) in [6.45, 7) is 4.94. The minimum absolute atomic E-state index is 0.180. The summed E-state index contributed by atoms with van der Waals surface area (Å²) in [7, 11) is -0.305. The van der Waals surface area contributed by atoms with Crippen molar-refractivity contribution in [2.45, 2.75) is 25.3 Å². The van der Waals surface area contributed by atoms with E-state index in [1.54, 1.807) is 27.1 Å². The van der Waals surface area contributed by atoms with Crippen molar-refractivity contribution in [1.82, 2.24) is 15.2 Å². The summed E-state index contributed by atoms with van der Waals surface area (Å²) in [5, 5.41) is 4.46. The molecule has 17 heavy (non-hydrogen) atoms. The third-order valence-corrected chi connectivity index (χ3v) is 3.65. The van der Waals surface area contributed by atoms with Gasteiger partial charge in [0.25, 0.3) is 10.0 Å². The molecule has 0 radical (unpaired) electrons. The van der Waals surface area contributed by atoms with Crippen LogP contribution >= 0.6 is 0 Å². The number of hydrazine groups is 1. The molecule has 0 bridgehead atoms. The second kappa shape index (κ2) is 5.63. The molecule has 1 heterocycles. The quantitative estimate of drug-likeness (QED) is 0.727. The van der Waals surface area contributed by atoms with E-state index in [0.717, 1.165) is 6.54 Å². The van der Waals surface area contributed by atoms with Crippen molar-refractivity contribution in [1.29, 1.82) is 0 Å². The highest BCUT2D eigenvalue weighted by Gasteiger charge is 2.21. The highest BCUT2D eigenvalue weighted by Crippen LogP contribution is 2.19. The average Bonchev–Trinajstić information content (AvgIpc) is 2.55. The number of nitrogens with one attached hydrogen (secondary N) is 2. The molecule has 7 heteroatoms. The van der Waals surface area contributed by atoms with Crippen LogP contribution in [0.1, 0.15) is 18.4 Å². The summed E-state index contributed by atoms with van der Waals surface area (Å²) in [5.41, 5.74) is 0. The molecular weight excluding hydrogens is 242 g/mol. The smallest absolute Gasteiger partial charge is 0.256 e. The molecule has 6 nitrogen and oxygen atoms in total. The van der Waals surface area contributed by atoms with Crippen molar-refractivity contribution < 1.29 is 12.8 Å². The van der Waals surface area contributed by atoms with Crippen molar-refractivity contribution >= 4 is 10.0 Å². The number of aryl methyl sites for hydroxylation is 1. The standard InChI is InChI=1S/C10H19N3O3S/c1-5-11-7-9-6-10(8(2)16-9)17(14,15)12-13(3)4/h6,11-12H,5,7H2,1-4H3. The zero-order valence-corrected chi connectivity index (χ0v) is 11.4. The first-order chi connectivity index (χ1) is 7.86. The van der Waals surface area contributed by atoms with Gasteiger partial charge in [0.1, 0.15) is 16.4 Å². The molecule has 1 aromatic rings. The zero-order chi connectivity index (χ0) is 13.1. The Morgan fingerprint density at radius 1 is 1.41 bits per heavy atom. The topological polar surface area (TPSA) is 74.6 Å². The van der Waals surface area contributed by atoms with Crippen molar-refractivity contribution in [2.75, 3.05) is 20.6 Å². The Morgan fingerprint density at radius 3 is 2.59 bits per heavy atom. The Bertz CT molecular complexity index is 465. The lowest BCUT2D eigenvalue weighted by molar-refractivity contribution is 0.363. The summed E-state index contributed by atoms with van der Waals surface area (Å²) < 4.78 is 29.2. The maximum atomic E-state index is 11.9. The summed E-state index contributed by atoms with van der Waals surface area (Å²) in [6, 6.07) is 1.55. The van der Waals surface area contributed by atoms with E-state index in [-0.39, 0.29) is 4.90 Å². The van der Waals surface area contributed by atoms with Gasteiger partial charge in [0.2, 0.25) is 0 Å². The van der Waals surface area contributed by atoms with E-state index in [4.69, 9.17) is 4.42 Å². The van der Waals surface area contributed by atoms with E-state index in [1.807, 2.05) is 6.92 Å². The van der Waals surface area contributed by atoms with Crippen LogP contribution in [0.3, 0.4) is 0 Å². The van der Waals surface area contributed by atoms with Gasteiger partial charge in [0.15, 0.2) is 0 Å². The predicted molar refractivity (Wildman–Crippen MR) is 64.8 cm³/mol. The lowest BCUT2D eigenvalue weighted by atomic mass is 10.4. The highest BCUT2D eigenvalue weighted by molar-refractivity contribution is 7.89. The van der Waals surface area contributed by atoms with Gasteiger partial charge in [0.05, 0.1) is 6.54 Å². The lowest BCUT2D eigenvalue weighted by Crippen LogP contribution is -2.36. The summed E-state index contributed by atoms with van der Waals surface area (Å²) in [4.78, 5) is 2.55. The van der Waals surface area contributed by atoms with Crippen molar-refractivity contribution in [3.8, 4) is 0 Å². The van der Waals surface area contributed by atoms with Crippen LogP contribution in [0.15, 0.2) is 15.4 Å². The van der Waals surface area contributed by atoms with Gasteiger partial charge in [-0.15, -0.1) is 4.83 Å². The Balaban J connectivity index is 2.94. The van der Waals surface area contributed by atoms with Crippen LogP contribution in [0.5, 0.6) is 0 Å². The van der Waals surface area contributed by atoms with Gasteiger partial charge < -0.3 is 9.73 Å². The van der Waals surface area contributed by atoms with Crippen molar-refractivity contribution in [3.05, 3.63) is 17.6 Å². The molecule has 2 N–H and O–H groups in total. The zero-order valence-electron chi connectivity index (χ0n) is 10.6. The number of rotatable bonds is 6. The van der Waals surface area contributed by atoms with Gasteiger partial charge in [-0.25, -0.2) is 13.4 Å². The van der Waals surface area contributed by atoms with E-state index < -0.39 is 10.0 Å². The molecule has 0 spiro atoms.